The highest BCUT2D eigenvalue weighted by Gasteiger charge is 2.51. The monoisotopic (exact) mass is 770 g/mol. The van der Waals surface area contributed by atoms with Crippen LogP contribution in [0.5, 0.6) is 0 Å². The minimum atomic E-state index is -5.01. The summed E-state index contributed by atoms with van der Waals surface area (Å²) in [5.41, 5.74) is 3.55. The van der Waals surface area contributed by atoms with Crippen LogP contribution in [0.3, 0.4) is 0 Å². The van der Waals surface area contributed by atoms with Crippen LogP contribution in [0.1, 0.15) is 40.3 Å². The highest BCUT2D eigenvalue weighted by atomic mass is 32.2. The van der Waals surface area contributed by atoms with Crippen LogP contribution in [-0.4, -0.2) is 85.0 Å². The Morgan fingerprint density at radius 3 is 2.30 bits per heavy atom. The number of nitrogens with zero attached hydrogens (tertiary/aromatic N) is 2. The van der Waals surface area contributed by atoms with Crippen molar-refractivity contribution in [3.05, 3.63) is 137 Å². The van der Waals surface area contributed by atoms with Gasteiger partial charge in [0.1, 0.15) is 18.0 Å². The smallest absolute Gasteiger partial charge is 0.421 e. The predicted octanol–water partition coefficient (Wildman–Crippen LogP) is 6.67. The van der Waals surface area contributed by atoms with Crippen molar-refractivity contribution in [1.29, 1.82) is 0 Å². The number of rotatable bonds is 11. The van der Waals surface area contributed by atoms with E-state index in [-0.39, 0.29) is 17.5 Å². The van der Waals surface area contributed by atoms with E-state index in [1.165, 1.54) is 53.4 Å². The topological polar surface area (TPSA) is 123 Å². The molecule has 4 aromatic rings. The van der Waals surface area contributed by atoms with E-state index >= 15 is 0 Å². The molecule has 2 heterocycles. The molecule has 0 saturated carbocycles. The molecule has 0 radical (unpaired) electrons. The van der Waals surface area contributed by atoms with Gasteiger partial charge in [0, 0.05) is 13.0 Å². The molecule has 1 fully saturated rings. The molecule has 2 aliphatic heterocycles. The first kappa shape index (κ1) is 38.9. The third-order valence-corrected chi connectivity index (χ3v) is 11.3. The number of sulfonamides is 1. The zero-order valence-corrected chi connectivity index (χ0v) is 29.9. The van der Waals surface area contributed by atoms with Crippen molar-refractivity contribution in [3.8, 4) is 0 Å². The van der Waals surface area contributed by atoms with Gasteiger partial charge >= 0.3 is 12.3 Å². The number of hydrogen-bond acceptors (Lipinski definition) is 7. The van der Waals surface area contributed by atoms with Crippen molar-refractivity contribution in [3.63, 3.8) is 0 Å². The van der Waals surface area contributed by atoms with Gasteiger partial charge in [0.25, 0.3) is 15.9 Å². The second-order valence-corrected chi connectivity index (χ2v) is 15.0. The predicted molar refractivity (Wildman–Crippen MR) is 187 cm³/mol. The zero-order chi connectivity index (χ0) is 38.6. The zero-order valence-electron chi connectivity index (χ0n) is 29.1. The maximum Gasteiger partial charge on any atom is 0.421 e. The molecule has 10 nitrogen and oxygen atoms in total. The Morgan fingerprint density at radius 2 is 1.63 bits per heavy atom. The van der Waals surface area contributed by atoms with Gasteiger partial charge in [-0.05, 0) is 59.9 Å². The number of ether oxygens (including phenoxy) is 3. The largest absolute Gasteiger partial charge is 0.464 e. The average Bonchev–Trinajstić information content (AvgIpc) is 3.14. The number of halogens is 4. The van der Waals surface area contributed by atoms with Crippen LogP contribution in [-0.2, 0) is 42.1 Å². The third kappa shape index (κ3) is 8.59. The standard InChI is InChI=1S/C39H38F4N2O8S/c1-25-11-17-30(18-12-25)54(49,50)45(38(47)48)32-21-33(52-23-34(32)53-35(39(41,42)43)24-51-22-26-7-3-2-4-8-26)37(46)44-20-19-27-9-5-6-10-31(27)36(44)28-13-15-29(40)16-14-28/h2-18,32-36H,19-24H2,1H3,(H,47,48)/t32-,33+,34-,35+,36-/m0/s1. The van der Waals surface area contributed by atoms with E-state index in [0.29, 0.717) is 23.1 Å². The van der Waals surface area contributed by atoms with Crippen molar-refractivity contribution >= 4 is 22.0 Å². The number of carbonyl (C=O) groups excluding carboxylic acids is 1. The molecule has 2 aliphatic rings. The SMILES string of the molecule is Cc1ccc(S(=O)(=O)N(C(=O)O)[C@H]2C[C@H](C(=O)N3CCc4ccccc4[C@@H]3c3ccc(F)cc3)OC[C@@H]2O[C@H](COCc2ccccc2)C(F)(F)F)cc1. The maximum absolute atomic E-state index is 14.4. The van der Waals surface area contributed by atoms with Crippen LogP contribution in [0, 0.1) is 12.7 Å². The Balaban J connectivity index is 1.33. The van der Waals surface area contributed by atoms with Crippen molar-refractivity contribution < 1.29 is 54.9 Å². The van der Waals surface area contributed by atoms with E-state index in [1.807, 2.05) is 18.2 Å². The van der Waals surface area contributed by atoms with E-state index in [2.05, 4.69) is 0 Å². The summed E-state index contributed by atoms with van der Waals surface area (Å²) in [5, 5.41) is 10.4. The van der Waals surface area contributed by atoms with Gasteiger partial charge in [-0.15, -0.1) is 0 Å². The Bertz CT molecular complexity index is 2030. The highest BCUT2D eigenvalue weighted by molar-refractivity contribution is 7.89. The summed E-state index contributed by atoms with van der Waals surface area (Å²) in [6.45, 7) is -0.0739. The normalized spacial score (nSPS) is 20.9. The van der Waals surface area contributed by atoms with Gasteiger partial charge in [0.2, 0.25) is 0 Å². The van der Waals surface area contributed by atoms with Crippen LogP contribution < -0.4 is 0 Å². The maximum atomic E-state index is 14.4. The molecule has 54 heavy (non-hydrogen) atoms. The summed E-state index contributed by atoms with van der Waals surface area (Å²) in [7, 11) is -4.92. The van der Waals surface area contributed by atoms with Gasteiger partial charge in [-0.25, -0.2) is 17.6 Å². The van der Waals surface area contributed by atoms with Crippen molar-refractivity contribution in [2.24, 2.45) is 0 Å². The lowest BCUT2D eigenvalue weighted by Gasteiger charge is -2.44. The molecule has 4 aromatic carbocycles. The fraction of sp³-hybridized carbons (Fsp3) is 0.333. The minimum Gasteiger partial charge on any atom is -0.464 e. The molecule has 15 heteroatoms. The number of carboxylic acid groups (broad SMARTS) is 1. The molecule has 2 amide bonds. The van der Waals surface area contributed by atoms with Gasteiger partial charge in [0.15, 0.2) is 6.10 Å². The van der Waals surface area contributed by atoms with Crippen LogP contribution in [0.25, 0.3) is 0 Å². The van der Waals surface area contributed by atoms with Crippen LogP contribution in [0.15, 0.2) is 108 Å². The fourth-order valence-electron chi connectivity index (χ4n) is 6.83. The molecular formula is C39H38F4N2O8S. The van der Waals surface area contributed by atoms with Crippen LogP contribution >= 0.6 is 0 Å². The molecule has 5 atom stereocenters. The molecule has 1 N–H and O–H groups in total. The molecule has 0 bridgehead atoms. The van der Waals surface area contributed by atoms with Gasteiger partial charge in [-0.3, -0.25) is 4.79 Å². The number of hydrogen-bond donors (Lipinski definition) is 1. The van der Waals surface area contributed by atoms with Gasteiger partial charge in [0.05, 0.1) is 36.8 Å². The number of alkyl halides is 3. The van der Waals surface area contributed by atoms with Crippen molar-refractivity contribution in [1.82, 2.24) is 9.21 Å². The molecule has 0 aliphatic carbocycles. The van der Waals surface area contributed by atoms with Crippen molar-refractivity contribution in [2.75, 3.05) is 19.8 Å². The van der Waals surface area contributed by atoms with Gasteiger partial charge < -0.3 is 24.2 Å². The summed E-state index contributed by atoms with van der Waals surface area (Å²) in [6, 6.07) is 24.1. The number of benzene rings is 4. The Hall–Kier alpha value is -4.83. The first-order valence-electron chi connectivity index (χ1n) is 17.2. The first-order chi connectivity index (χ1) is 25.7. The molecule has 286 valence electrons. The number of carbonyl (C=O) groups is 2. The highest BCUT2D eigenvalue weighted by Crippen LogP contribution is 2.38. The second kappa shape index (κ2) is 16.3. The minimum absolute atomic E-state index is 0.0619. The van der Waals surface area contributed by atoms with Gasteiger partial charge in [-0.1, -0.05) is 84.4 Å². The fourth-order valence-corrected chi connectivity index (χ4v) is 8.32. The number of fused-ring (bicyclic) bond motifs is 1. The molecule has 6 rings (SSSR count). The van der Waals surface area contributed by atoms with Gasteiger partial charge in [-0.2, -0.15) is 17.5 Å². The summed E-state index contributed by atoms with van der Waals surface area (Å²) in [6.07, 6.45) is -13.1. The lowest BCUT2D eigenvalue weighted by atomic mass is 9.87. The lowest BCUT2D eigenvalue weighted by Crippen LogP contribution is -2.60. The average molecular weight is 771 g/mol. The summed E-state index contributed by atoms with van der Waals surface area (Å²) in [4.78, 5) is 28.4. The Kier molecular flexibility index (Phi) is 11.7. The second-order valence-electron chi connectivity index (χ2n) is 13.2. The first-order valence-corrected chi connectivity index (χ1v) is 18.6. The molecular weight excluding hydrogens is 732 g/mol. The quantitative estimate of drug-likeness (QED) is 0.168. The van der Waals surface area contributed by atoms with Crippen LogP contribution in [0.4, 0.5) is 22.4 Å². The number of aryl methyl sites for hydroxylation is 1. The third-order valence-electron chi connectivity index (χ3n) is 9.53. The summed E-state index contributed by atoms with van der Waals surface area (Å²) < 4.78 is 102. The summed E-state index contributed by atoms with van der Waals surface area (Å²) >= 11 is 0. The van der Waals surface area contributed by atoms with E-state index in [0.717, 1.165) is 11.1 Å². The molecule has 0 aromatic heterocycles. The van der Waals surface area contributed by atoms with E-state index in [9.17, 15) is 40.7 Å². The molecule has 0 unspecified atom stereocenters. The lowest BCUT2D eigenvalue weighted by molar-refractivity contribution is -0.261. The number of amides is 2. The van der Waals surface area contributed by atoms with E-state index < -0.39 is 88.9 Å². The van der Waals surface area contributed by atoms with Crippen LogP contribution in [0.2, 0.25) is 0 Å². The van der Waals surface area contributed by atoms with E-state index in [1.54, 1.807) is 43.3 Å². The molecule has 0 spiro atoms. The molecule has 1 saturated heterocycles. The van der Waals surface area contributed by atoms with Crippen molar-refractivity contribution in [2.45, 2.75) is 67.8 Å². The Morgan fingerprint density at radius 1 is 0.963 bits per heavy atom. The van der Waals surface area contributed by atoms with E-state index in [4.69, 9.17) is 14.2 Å². The Labute approximate surface area is 309 Å². The summed E-state index contributed by atoms with van der Waals surface area (Å²) in [5.74, 6) is -1.14.